The van der Waals surface area contributed by atoms with Crippen LogP contribution < -0.4 is 0 Å². The van der Waals surface area contributed by atoms with Crippen molar-refractivity contribution in [3.8, 4) is 0 Å². The summed E-state index contributed by atoms with van der Waals surface area (Å²) in [4.78, 5) is 26.3. The molecular formula is C21H25N5O. The number of carbonyl (C=O) groups excluding carboxylic acids is 1. The third kappa shape index (κ3) is 3.57. The molecule has 0 bridgehead atoms. The maximum Gasteiger partial charge on any atom is 0.272 e. The third-order valence-electron chi connectivity index (χ3n) is 5.36. The number of hydrogen-bond acceptors (Lipinski definition) is 4. The highest BCUT2D eigenvalue weighted by molar-refractivity contribution is 5.94. The second-order valence-corrected chi connectivity index (χ2v) is 7.28. The first-order chi connectivity index (χ1) is 13.1. The van der Waals surface area contributed by atoms with E-state index in [1.54, 1.807) is 10.6 Å². The van der Waals surface area contributed by atoms with Gasteiger partial charge in [-0.25, -0.2) is 9.97 Å². The molecule has 27 heavy (non-hydrogen) atoms. The second kappa shape index (κ2) is 7.48. The maximum absolute atomic E-state index is 13.2. The van der Waals surface area contributed by atoms with Crippen molar-refractivity contribution < 1.29 is 4.79 Å². The second-order valence-electron chi connectivity index (χ2n) is 7.28. The van der Waals surface area contributed by atoms with Gasteiger partial charge in [-0.2, -0.15) is 0 Å². The fraction of sp³-hybridized carbons (Fsp3) is 0.381. The molecule has 0 radical (unpaired) electrons. The van der Waals surface area contributed by atoms with Crippen molar-refractivity contribution >= 4 is 11.7 Å². The largest absolute Gasteiger partial charge is 0.336 e. The van der Waals surface area contributed by atoms with Crippen LogP contribution in [0.15, 0.2) is 48.8 Å². The minimum absolute atomic E-state index is 0.0470. The van der Waals surface area contributed by atoms with Crippen LogP contribution in [0.4, 0.5) is 0 Å². The number of rotatable bonds is 4. The Morgan fingerprint density at radius 1 is 1.26 bits per heavy atom. The van der Waals surface area contributed by atoms with Gasteiger partial charge in [-0.05, 0) is 38.4 Å². The van der Waals surface area contributed by atoms with Crippen molar-refractivity contribution in [2.45, 2.75) is 32.4 Å². The lowest BCUT2D eigenvalue weighted by Gasteiger charge is -2.37. The molecule has 1 atom stereocenters. The Labute approximate surface area is 159 Å². The molecule has 1 amide bonds. The number of benzene rings is 1. The lowest BCUT2D eigenvalue weighted by Crippen LogP contribution is -2.48. The molecule has 0 N–H and O–H groups in total. The molecule has 1 aliphatic rings. The van der Waals surface area contributed by atoms with Gasteiger partial charge in [0.1, 0.15) is 5.69 Å². The number of carbonyl (C=O) groups is 1. The van der Waals surface area contributed by atoms with E-state index in [0.29, 0.717) is 17.5 Å². The van der Waals surface area contributed by atoms with E-state index in [1.165, 1.54) is 5.56 Å². The summed E-state index contributed by atoms with van der Waals surface area (Å²) in [6.45, 7) is 4.31. The first-order valence-electron chi connectivity index (χ1n) is 9.46. The Hall–Kier alpha value is -2.73. The summed E-state index contributed by atoms with van der Waals surface area (Å²) in [5, 5.41) is 0. The fourth-order valence-electron chi connectivity index (χ4n) is 3.90. The molecule has 4 rings (SSSR count). The molecule has 2 aromatic heterocycles. The number of imidazole rings is 1. The zero-order valence-electron chi connectivity index (χ0n) is 15.9. The Morgan fingerprint density at radius 2 is 2.07 bits per heavy atom. The molecular weight excluding hydrogens is 338 g/mol. The van der Waals surface area contributed by atoms with Crippen LogP contribution in [0.25, 0.3) is 5.78 Å². The summed E-state index contributed by atoms with van der Waals surface area (Å²) in [5.74, 6) is 0.624. The van der Waals surface area contributed by atoms with Crippen molar-refractivity contribution in [1.29, 1.82) is 0 Å². The highest BCUT2D eigenvalue weighted by Gasteiger charge is 2.29. The van der Waals surface area contributed by atoms with E-state index in [-0.39, 0.29) is 5.91 Å². The number of nitrogens with zero attached hydrogens (tertiary/aromatic N) is 5. The summed E-state index contributed by atoms with van der Waals surface area (Å²) in [6.07, 6.45) is 5.69. The standard InChI is InChI=1S/C21H25N5O/c1-16-19(26-13-7-11-22-21(26)23-16)20(27)25-12-6-10-18(15-25)24(2)14-17-8-4-3-5-9-17/h3-5,7-9,11,13,18H,6,10,12,14-15H2,1-2H3/t18-/m0/s1. The van der Waals surface area contributed by atoms with Gasteiger partial charge in [0.15, 0.2) is 0 Å². The zero-order valence-corrected chi connectivity index (χ0v) is 15.9. The average molecular weight is 363 g/mol. The van der Waals surface area contributed by atoms with Gasteiger partial charge in [-0.15, -0.1) is 0 Å². The van der Waals surface area contributed by atoms with Gasteiger partial charge in [-0.1, -0.05) is 30.3 Å². The predicted octanol–water partition coefficient (Wildman–Crippen LogP) is 2.77. The molecule has 6 nitrogen and oxygen atoms in total. The van der Waals surface area contributed by atoms with Crippen molar-refractivity contribution in [3.05, 3.63) is 65.7 Å². The number of piperidine rings is 1. The fourth-order valence-corrected chi connectivity index (χ4v) is 3.90. The Morgan fingerprint density at radius 3 is 2.89 bits per heavy atom. The van der Waals surface area contributed by atoms with Crippen LogP contribution in [0.2, 0.25) is 0 Å². The van der Waals surface area contributed by atoms with Gasteiger partial charge in [0, 0.05) is 38.1 Å². The minimum Gasteiger partial charge on any atom is -0.336 e. The molecule has 1 aliphatic heterocycles. The Bertz CT molecular complexity index is 936. The Balaban J connectivity index is 1.50. The van der Waals surface area contributed by atoms with Crippen LogP contribution in [0.3, 0.4) is 0 Å². The molecule has 0 saturated carbocycles. The molecule has 1 saturated heterocycles. The van der Waals surface area contributed by atoms with Gasteiger partial charge in [0.05, 0.1) is 5.69 Å². The van der Waals surface area contributed by atoms with E-state index in [4.69, 9.17) is 0 Å². The summed E-state index contributed by atoms with van der Waals surface area (Å²) < 4.78 is 1.80. The highest BCUT2D eigenvalue weighted by Crippen LogP contribution is 2.20. The molecule has 6 heteroatoms. The maximum atomic E-state index is 13.2. The van der Waals surface area contributed by atoms with Gasteiger partial charge in [-0.3, -0.25) is 14.1 Å². The molecule has 3 heterocycles. The number of amides is 1. The number of likely N-dealkylation sites (tertiary alicyclic amines) is 1. The van der Waals surface area contributed by atoms with E-state index in [9.17, 15) is 4.79 Å². The summed E-state index contributed by atoms with van der Waals surface area (Å²) in [7, 11) is 2.15. The van der Waals surface area contributed by atoms with E-state index >= 15 is 0 Å². The smallest absolute Gasteiger partial charge is 0.272 e. The highest BCUT2D eigenvalue weighted by atomic mass is 16.2. The first kappa shape index (κ1) is 17.7. The van der Waals surface area contributed by atoms with Crippen LogP contribution in [-0.4, -0.2) is 56.3 Å². The molecule has 1 aromatic carbocycles. The topological polar surface area (TPSA) is 53.7 Å². The van der Waals surface area contributed by atoms with Crippen molar-refractivity contribution in [2.75, 3.05) is 20.1 Å². The van der Waals surface area contributed by atoms with E-state index in [1.807, 2.05) is 30.2 Å². The van der Waals surface area contributed by atoms with Gasteiger partial charge in [0.25, 0.3) is 5.91 Å². The summed E-state index contributed by atoms with van der Waals surface area (Å²) >= 11 is 0. The number of aryl methyl sites for hydroxylation is 1. The molecule has 3 aromatic rings. The first-order valence-corrected chi connectivity index (χ1v) is 9.46. The van der Waals surface area contributed by atoms with Gasteiger partial charge in [0.2, 0.25) is 5.78 Å². The molecule has 1 fully saturated rings. The lowest BCUT2D eigenvalue weighted by molar-refractivity contribution is 0.0595. The zero-order chi connectivity index (χ0) is 18.8. The molecule has 0 unspecified atom stereocenters. The molecule has 0 aliphatic carbocycles. The number of aromatic nitrogens is 3. The number of likely N-dealkylation sites (N-methyl/N-ethyl adjacent to an activating group) is 1. The van der Waals surface area contributed by atoms with Crippen LogP contribution in [0, 0.1) is 6.92 Å². The SMILES string of the molecule is Cc1nc2ncccn2c1C(=O)N1CCC[C@H](N(C)Cc2ccccc2)C1. The van der Waals surface area contributed by atoms with Crippen molar-refractivity contribution in [1.82, 2.24) is 24.2 Å². The van der Waals surface area contributed by atoms with E-state index < -0.39 is 0 Å². The number of hydrogen-bond donors (Lipinski definition) is 0. The van der Waals surface area contributed by atoms with E-state index in [2.05, 4.69) is 46.2 Å². The average Bonchev–Trinajstić information content (AvgIpc) is 3.04. The van der Waals surface area contributed by atoms with E-state index in [0.717, 1.165) is 38.2 Å². The van der Waals surface area contributed by atoms with Crippen LogP contribution in [-0.2, 0) is 6.54 Å². The van der Waals surface area contributed by atoms with Gasteiger partial charge >= 0.3 is 0 Å². The van der Waals surface area contributed by atoms with Crippen LogP contribution in [0.1, 0.15) is 34.6 Å². The number of fused-ring (bicyclic) bond motifs is 1. The monoisotopic (exact) mass is 363 g/mol. The van der Waals surface area contributed by atoms with Gasteiger partial charge < -0.3 is 4.90 Å². The van der Waals surface area contributed by atoms with Crippen molar-refractivity contribution in [3.63, 3.8) is 0 Å². The lowest BCUT2D eigenvalue weighted by atomic mass is 10.0. The summed E-state index contributed by atoms with van der Waals surface area (Å²) in [5.41, 5.74) is 2.66. The molecule has 0 spiro atoms. The minimum atomic E-state index is 0.0470. The predicted molar refractivity (Wildman–Crippen MR) is 105 cm³/mol. The van der Waals surface area contributed by atoms with Crippen LogP contribution >= 0.6 is 0 Å². The summed E-state index contributed by atoms with van der Waals surface area (Å²) in [6, 6.07) is 12.7. The van der Waals surface area contributed by atoms with Crippen LogP contribution in [0.5, 0.6) is 0 Å². The normalized spacial score (nSPS) is 17.6. The Kier molecular flexibility index (Phi) is 4.90. The third-order valence-corrected chi connectivity index (χ3v) is 5.36. The quantitative estimate of drug-likeness (QED) is 0.715. The molecule has 140 valence electrons. The van der Waals surface area contributed by atoms with Crippen molar-refractivity contribution in [2.24, 2.45) is 0 Å².